The van der Waals surface area contributed by atoms with Crippen molar-refractivity contribution in [2.75, 3.05) is 6.79 Å². The molecule has 6 rings (SSSR count). The first-order chi connectivity index (χ1) is 16.0. The van der Waals surface area contributed by atoms with Crippen molar-refractivity contribution in [1.29, 1.82) is 0 Å². The fourth-order valence-corrected chi connectivity index (χ4v) is 3.88. The van der Waals surface area contributed by atoms with Gasteiger partial charge in [0.1, 0.15) is 18.4 Å². The number of hydrogen-bond donors (Lipinski definition) is 0. The lowest BCUT2D eigenvalue weighted by atomic mass is 10.0. The first-order valence-electron chi connectivity index (χ1n) is 10.3. The lowest BCUT2D eigenvalue weighted by molar-refractivity contribution is 0.174. The summed E-state index contributed by atoms with van der Waals surface area (Å²) in [6.45, 7) is 4.29. The molecule has 1 aliphatic rings. The van der Waals surface area contributed by atoms with Crippen molar-refractivity contribution in [3.63, 3.8) is 0 Å². The third-order valence-electron chi connectivity index (χ3n) is 5.53. The molecule has 0 amide bonds. The molecule has 5 aromatic rings. The number of aromatic nitrogens is 6. The van der Waals surface area contributed by atoms with Crippen molar-refractivity contribution in [2.45, 2.75) is 20.4 Å². The summed E-state index contributed by atoms with van der Waals surface area (Å²) in [4.78, 5) is 17.4. The van der Waals surface area contributed by atoms with Gasteiger partial charge in [-0.25, -0.2) is 9.20 Å². The first kappa shape index (κ1) is 19.2. The van der Waals surface area contributed by atoms with E-state index in [4.69, 9.17) is 14.0 Å². The van der Waals surface area contributed by atoms with Crippen molar-refractivity contribution < 1.29 is 14.0 Å². The van der Waals surface area contributed by atoms with E-state index in [-0.39, 0.29) is 24.8 Å². The van der Waals surface area contributed by atoms with E-state index >= 15 is 0 Å². The zero-order valence-corrected chi connectivity index (χ0v) is 17.8. The fraction of sp³-hybridized carbons (Fsp3) is 0.174. The molecule has 0 fully saturated rings. The molecule has 33 heavy (non-hydrogen) atoms. The maximum atomic E-state index is 13.0. The van der Waals surface area contributed by atoms with Crippen molar-refractivity contribution >= 4 is 5.52 Å². The molecule has 10 heteroatoms. The highest BCUT2D eigenvalue weighted by Crippen LogP contribution is 2.35. The molecular weight excluding hydrogens is 424 g/mol. The van der Waals surface area contributed by atoms with Gasteiger partial charge in [0.25, 0.3) is 5.56 Å². The zero-order valence-electron chi connectivity index (χ0n) is 17.8. The Labute approximate surface area is 187 Å². The summed E-state index contributed by atoms with van der Waals surface area (Å²) in [6, 6.07) is 13.3. The normalized spacial score (nSPS) is 12.5. The number of rotatable bonds is 4. The number of fused-ring (bicyclic) bond motifs is 2. The predicted octanol–water partition coefficient (Wildman–Crippen LogP) is 3.00. The van der Waals surface area contributed by atoms with Gasteiger partial charge in [-0.1, -0.05) is 28.9 Å². The Bertz CT molecular complexity index is 1580. The van der Waals surface area contributed by atoms with Gasteiger partial charge in [-0.15, -0.1) is 0 Å². The second-order valence-corrected chi connectivity index (χ2v) is 7.85. The molecular formula is C23H18N6O4. The molecule has 0 atom stereocenters. The van der Waals surface area contributed by atoms with E-state index in [1.54, 1.807) is 18.2 Å². The molecule has 3 aromatic heterocycles. The monoisotopic (exact) mass is 442 g/mol. The molecule has 10 nitrogen and oxygen atoms in total. The minimum absolute atomic E-state index is 0.0386. The maximum Gasteiger partial charge on any atom is 0.293 e. The van der Waals surface area contributed by atoms with Crippen LogP contribution in [0.5, 0.6) is 11.5 Å². The summed E-state index contributed by atoms with van der Waals surface area (Å²) in [5.74, 6) is 1.95. The van der Waals surface area contributed by atoms with Crippen LogP contribution in [-0.2, 0) is 6.54 Å². The van der Waals surface area contributed by atoms with E-state index in [9.17, 15) is 4.79 Å². The predicted molar refractivity (Wildman–Crippen MR) is 117 cm³/mol. The average Bonchev–Trinajstić information content (AvgIpc) is 3.54. The van der Waals surface area contributed by atoms with Gasteiger partial charge in [0, 0.05) is 11.1 Å². The Morgan fingerprint density at radius 3 is 2.79 bits per heavy atom. The fourth-order valence-electron chi connectivity index (χ4n) is 3.88. The van der Waals surface area contributed by atoms with E-state index in [0.717, 1.165) is 16.7 Å². The van der Waals surface area contributed by atoms with Crippen LogP contribution < -0.4 is 15.0 Å². The third kappa shape index (κ3) is 3.32. The summed E-state index contributed by atoms with van der Waals surface area (Å²) < 4.78 is 18.8. The summed E-state index contributed by atoms with van der Waals surface area (Å²) in [5.41, 5.74) is 4.78. The van der Waals surface area contributed by atoms with Crippen molar-refractivity contribution in [2.24, 2.45) is 0 Å². The van der Waals surface area contributed by atoms with E-state index in [1.165, 1.54) is 21.1 Å². The largest absolute Gasteiger partial charge is 0.454 e. The number of ether oxygens (including phenoxy) is 2. The van der Waals surface area contributed by atoms with Gasteiger partial charge in [0.15, 0.2) is 11.5 Å². The molecule has 2 aromatic carbocycles. The van der Waals surface area contributed by atoms with E-state index in [2.05, 4.69) is 26.4 Å². The molecule has 4 heterocycles. The van der Waals surface area contributed by atoms with Gasteiger partial charge in [0.2, 0.25) is 18.5 Å². The molecule has 0 saturated carbocycles. The van der Waals surface area contributed by atoms with Crippen LogP contribution in [0.25, 0.3) is 28.2 Å². The van der Waals surface area contributed by atoms with Crippen LogP contribution in [0.3, 0.4) is 0 Å². The van der Waals surface area contributed by atoms with E-state index in [1.807, 2.05) is 32.0 Å². The highest BCUT2D eigenvalue weighted by Gasteiger charge is 2.18. The zero-order chi connectivity index (χ0) is 22.5. The summed E-state index contributed by atoms with van der Waals surface area (Å²) in [5, 5.41) is 12.8. The average molecular weight is 442 g/mol. The molecule has 0 unspecified atom stereocenters. The van der Waals surface area contributed by atoms with Crippen molar-refractivity contribution in [1.82, 2.24) is 29.5 Å². The molecule has 0 radical (unpaired) electrons. The smallest absolute Gasteiger partial charge is 0.293 e. The Kier molecular flexibility index (Phi) is 4.25. The molecule has 0 spiro atoms. The Hall–Kier alpha value is -4.47. The number of benzene rings is 2. The van der Waals surface area contributed by atoms with Crippen LogP contribution in [0.4, 0.5) is 0 Å². The van der Waals surface area contributed by atoms with E-state index in [0.29, 0.717) is 28.5 Å². The minimum Gasteiger partial charge on any atom is -0.454 e. The SMILES string of the molecule is Cc1ccc(-c2cc3c(=O)n(Cc4nc(-c5ccc6c(c5)OCO6)no4)ncn3n2)c(C)c1. The maximum absolute atomic E-state index is 13.0. The summed E-state index contributed by atoms with van der Waals surface area (Å²) >= 11 is 0. The highest BCUT2D eigenvalue weighted by atomic mass is 16.7. The second-order valence-electron chi connectivity index (χ2n) is 7.85. The quantitative estimate of drug-likeness (QED) is 0.418. The van der Waals surface area contributed by atoms with Crippen molar-refractivity contribution in [3.8, 4) is 34.1 Å². The Balaban J connectivity index is 1.30. The Morgan fingerprint density at radius 2 is 1.91 bits per heavy atom. The van der Waals surface area contributed by atoms with Crippen LogP contribution in [0.2, 0.25) is 0 Å². The minimum atomic E-state index is -0.302. The second kappa shape index (κ2) is 7.30. The van der Waals surface area contributed by atoms with Crippen LogP contribution in [0.15, 0.2) is 58.1 Å². The first-order valence-corrected chi connectivity index (χ1v) is 10.3. The van der Waals surface area contributed by atoms with Crippen LogP contribution in [0, 0.1) is 13.8 Å². The van der Waals surface area contributed by atoms with E-state index < -0.39 is 0 Å². The lowest BCUT2D eigenvalue weighted by Gasteiger charge is -2.02. The third-order valence-corrected chi connectivity index (χ3v) is 5.53. The van der Waals surface area contributed by atoms with Gasteiger partial charge in [0.05, 0.1) is 5.69 Å². The summed E-state index contributed by atoms with van der Waals surface area (Å²) in [7, 11) is 0. The molecule has 1 aliphatic heterocycles. The van der Waals surface area contributed by atoms with Gasteiger partial charge >= 0.3 is 0 Å². The van der Waals surface area contributed by atoms with Gasteiger partial charge < -0.3 is 14.0 Å². The number of nitrogens with zero attached hydrogens (tertiary/aromatic N) is 6. The summed E-state index contributed by atoms with van der Waals surface area (Å²) in [6.07, 6.45) is 1.50. The van der Waals surface area contributed by atoms with Gasteiger partial charge in [-0.3, -0.25) is 4.79 Å². The lowest BCUT2D eigenvalue weighted by Crippen LogP contribution is -2.25. The topological polar surface area (TPSA) is 110 Å². The standard InChI is InChI=1S/C23H18N6O4/c1-13-3-5-16(14(2)7-13)17-9-18-23(30)28(24-11-29(18)26-17)10-21-25-22(27-33-21)15-4-6-19-20(8-15)32-12-31-19/h3-9,11H,10,12H2,1-2H3. The van der Waals surface area contributed by atoms with Crippen LogP contribution >= 0.6 is 0 Å². The molecule has 0 aliphatic carbocycles. The molecule has 164 valence electrons. The highest BCUT2D eigenvalue weighted by molar-refractivity contribution is 5.68. The van der Waals surface area contributed by atoms with Crippen LogP contribution in [0.1, 0.15) is 17.0 Å². The van der Waals surface area contributed by atoms with Crippen molar-refractivity contribution in [3.05, 3.63) is 76.2 Å². The van der Waals surface area contributed by atoms with Crippen LogP contribution in [-0.4, -0.2) is 36.3 Å². The van der Waals surface area contributed by atoms with Gasteiger partial charge in [-0.05, 0) is 43.7 Å². The molecule has 0 N–H and O–H groups in total. The Morgan fingerprint density at radius 1 is 1.03 bits per heavy atom. The molecule has 0 saturated heterocycles. The van der Waals surface area contributed by atoms with Gasteiger partial charge in [-0.2, -0.15) is 15.2 Å². The number of hydrogen-bond acceptors (Lipinski definition) is 8. The number of aryl methyl sites for hydroxylation is 2. The molecule has 0 bridgehead atoms.